The number of esters is 1. The van der Waals surface area contributed by atoms with E-state index in [1.54, 1.807) is 14.0 Å². The molecule has 0 radical (unpaired) electrons. The molecule has 1 saturated carbocycles. The molecule has 1 aliphatic rings. The Kier molecular flexibility index (Phi) is 7.57. The van der Waals surface area contributed by atoms with Gasteiger partial charge in [-0.2, -0.15) is 4.99 Å². The standard InChI is InChI=1S/C26H30N4O4/c1-3-34-25(31)19-8-4-5-9-20(19)29-26(32)30-23(16-17-12-14-18(33-2)15-13-17)24-27-21-10-6-7-11-22(21)28-24/h6-7,10-15,19-20H,3-5,8-9,16H2,1-2H3,(H,27,28)(H,29,32)/b30-23+/t19-,20-/m1/s1. The molecule has 4 rings (SSSR count). The number of nitrogens with zero attached hydrogens (tertiary/aromatic N) is 2. The summed E-state index contributed by atoms with van der Waals surface area (Å²) >= 11 is 0. The predicted octanol–water partition coefficient (Wildman–Crippen LogP) is 4.43. The zero-order valence-electron chi connectivity index (χ0n) is 19.5. The van der Waals surface area contributed by atoms with Gasteiger partial charge in [0.15, 0.2) is 5.82 Å². The Bertz CT molecular complexity index is 1140. The first kappa shape index (κ1) is 23.5. The van der Waals surface area contributed by atoms with Crippen molar-refractivity contribution in [3.63, 3.8) is 0 Å². The van der Waals surface area contributed by atoms with Crippen LogP contribution in [0.3, 0.4) is 0 Å². The minimum absolute atomic E-state index is 0.257. The predicted molar refractivity (Wildman–Crippen MR) is 130 cm³/mol. The maximum absolute atomic E-state index is 13.0. The van der Waals surface area contributed by atoms with Gasteiger partial charge in [0, 0.05) is 12.5 Å². The molecule has 1 aliphatic carbocycles. The molecule has 1 aromatic heterocycles. The van der Waals surface area contributed by atoms with Crippen LogP contribution in [0.25, 0.3) is 11.0 Å². The number of aromatic amines is 1. The van der Waals surface area contributed by atoms with Crippen LogP contribution in [0.1, 0.15) is 44.0 Å². The Morgan fingerprint density at radius 2 is 1.88 bits per heavy atom. The summed E-state index contributed by atoms with van der Waals surface area (Å²) in [6.07, 6.45) is 3.73. The Morgan fingerprint density at radius 1 is 1.12 bits per heavy atom. The van der Waals surface area contributed by atoms with E-state index in [4.69, 9.17) is 9.47 Å². The molecule has 1 fully saturated rings. The molecule has 2 N–H and O–H groups in total. The number of hydrogen-bond acceptors (Lipinski definition) is 5. The summed E-state index contributed by atoms with van der Waals surface area (Å²) < 4.78 is 10.5. The van der Waals surface area contributed by atoms with Crippen molar-refractivity contribution in [1.82, 2.24) is 15.3 Å². The van der Waals surface area contributed by atoms with Gasteiger partial charge in [0.25, 0.3) is 0 Å². The number of carbonyl (C=O) groups excluding carboxylic acids is 2. The van der Waals surface area contributed by atoms with E-state index >= 15 is 0 Å². The number of aliphatic imine (C=N–C) groups is 1. The minimum Gasteiger partial charge on any atom is -0.497 e. The first-order chi connectivity index (χ1) is 16.6. The molecule has 0 bridgehead atoms. The van der Waals surface area contributed by atoms with Gasteiger partial charge in [-0.3, -0.25) is 4.79 Å². The van der Waals surface area contributed by atoms with Gasteiger partial charge >= 0.3 is 12.0 Å². The van der Waals surface area contributed by atoms with Gasteiger partial charge in [-0.05, 0) is 49.6 Å². The number of imidazole rings is 1. The van der Waals surface area contributed by atoms with Gasteiger partial charge in [0.2, 0.25) is 0 Å². The van der Waals surface area contributed by atoms with Crippen molar-refractivity contribution in [2.75, 3.05) is 13.7 Å². The second kappa shape index (κ2) is 11.0. The van der Waals surface area contributed by atoms with E-state index in [1.807, 2.05) is 48.5 Å². The van der Waals surface area contributed by atoms with Gasteiger partial charge in [-0.15, -0.1) is 0 Å². The highest BCUT2D eigenvalue weighted by Gasteiger charge is 2.33. The van der Waals surface area contributed by atoms with Crippen molar-refractivity contribution in [2.24, 2.45) is 10.9 Å². The molecule has 1 heterocycles. The van der Waals surface area contributed by atoms with E-state index in [9.17, 15) is 9.59 Å². The molecule has 0 unspecified atom stereocenters. The van der Waals surface area contributed by atoms with Crippen molar-refractivity contribution in [3.8, 4) is 5.75 Å². The van der Waals surface area contributed by atoms with Crippen molar-refractivity contribution < 1.29 is 19.1 Å². The number of urea groups is 1. The zero-order chi connectivity index (χ0) is 23.9. The molecule has 3 aromatic rings. The van der Waals surface area contributed by atoms with E-state index in [-0.39, 0.29) is 17.9 Å². The highest BCUT2D eigenvalue weighted by molar-refractivity contribution is 6.06. The molecule has 0 saturated heterocycles. The third-order valence-electron chi connectivity index (χ3n) is 6.09. The number of carbonyl (C=O) groups is 2. The van der Waals surface area contributed by atoms with Crippen LogP contribution in [0.2, 0.25) is 0 Å². The lowest BCUT2D eigenvalue weighted by molar-refractivity contribution is -0.149. The van der Waals surface area contributed by atoms with Gasteiger partial charge in [-0.25, -0.2) is 9.78 Å². The highest BCUT2D eigenvalue weighted by atomic mass is 16.5. The summed E-state index contributed by atoms with van der Waals surface area (Å²) in [7, 11) is 1.62. The van der Waals surface area contributed by atoms with Crippen LogP contribution in [0.15, 0.2) is 53.5 Å². The lowest BCUT2D eigenvalue weighted by Crippen LogP contribution is -2.45. The average Bonchev–Trinajstić information content (AvgIpc) is 3.29. The van der Waals surface area contributed by atoms with Crippen LogP contribution in [-0.2, 0) is 16.0 Å². The topological polar surface area (TPSA) is 106 Å². The smallest absolute Gasteiger partial charge is 0.341 e. The summed E-state index contributed by atoms with van der Waals surface area (Å²) in [6, 6.07) is 14.5. The lowest BCUT2D eigenvalue weighted by Gasteiger charge is -2.29. The van der Waals surface area contributed by atoms with Gasteiger partial charge in [0.1, 0.15) is 5.75 Å². The Balaban J connectivity index is 1.59. The third kappa shape index (κ3) is 5.62. The van der Waals surface area contributed by atoms with Gasteiger partial charge in [-0.1, -0.05) is 37.1 Å². The summed E-state index contributed by atoms with van der Waals surface area (Å²) in [4.78, 5) is 37.7. The number of fused-ring (bicyclic) bond motifs is 1. The molecule has 8 heteroatoms. The number of H-pyrrole nitrogens is 1. The summed E-state index contributed by atoms with van der Waals surface area (Å²) in [6.45, 7) is 2.11. The second-order valence-corrected chi connectivity index (χ2v) is 8.38. The normalized spacial score (nSPS) is 18.5. The number of nitrogens with one attached hydrogen (secondary N) is 2. The fourth-order valence-corrected chi connectivity index (χ4v) is 4.35. The number of amides is 2. The summed E-state index contributed by atoms with van der Waals surface area (Å²) in [5, 5.41) is 2.96. The number of benzene rings is 2. The number of aromatic nitrogens is 2. The van der Waals surface area contributed by atoms with Crippen LogP contribution in [0, 0.1) is 5.92 Å². The summed E-state index contributed by atoms with van der Waals surface area (Å²) in [5.41, 5.74) is 3.15. The molecule has 0 aliphatic heterocycles. The van der Waals surface area contributed by atoms with E-state index in [1.165, 1.54) is 0 Å². The molecule has 0 spiro atoms. The van der Waals surface area contributed by atoms with Crippen molar-refractivity contribution in [2.45, 2.75) is 45.1 Å². The van der Waals surface area contributed by atoms with Crippen molar-refractivity contribution >= 4 is 28.7 Å². The fourth-order valence-electron chi connectivity index (χ4n) is 4.35. The fraction of sp³-hybridized carbons (Fsp3) is 0.385. The van der Waals surface area contributed by atoms with E-state index in [0.29, 0.717) is 31.0 Å². The van der Waals surface area contributed by atoms with Gasteiger partial charge in [0.05, 0.1) is 36.4 Å². The molecule has 178 valence electrons. The molecular formula is C26H30N4O4. The van der Waals surface area contributed by atoms with Crippen LogP contribution in [0.5, 0.6) is 5.75 Å². The number of ether oxygens (including phenoxy) is 2. The zero-order valence-corrected chi connectivity index (χ0v) is 19.5. The van der Waals surface area contributed by atoms with Crippen LogP contribution >= 0.6 is 0 Å². The monoisotopic (exact) mass is 462 g/mol. The minimum atomic E-state index is -0.481. The molecule has 34 heavy (non-hydrogen) atoms. The van der Waals surface area contributed by atoms with Crippen LogP contribution < -0.4 is 10.1 Å². The molecule has 2 aromatic carbocycles. The Morgan fingerprint density at radius 3 is 2.62 bits per heavy atom. The molecule has 8 nitrogen and oxygen atoms in total. The number of methoxy groups -OCH3 is 1. The first-order valence-electron chi connectivity index (χ1n) is 11.7. The van der Waals surface area contributed by atoms with Crippen molar-refractivity contribution in [1.29, 1.82) is 0 Å². The van der Waals surface area contributed by atoms with Crippen LogP contribution in [0.4, 0.5) is 4.79 Å². The molecule has 2 amide bonds. The molecule has 2 atom stereocenters. The largest absolute Gasteiger partial charge is 0.497 e. The quantitative estimate of drug-likeness (QED) is 0.399. The van der Waals surface area contributed by atoms with Crippen molar-refractivity contribution in [3.05, 3.63) is 59.9 Å². The summed E-state index contributed by atoms with van der Waals surface area (Å²) in [5.74, 6) is 0.695. The average molecular weight is 463 g/mol. The number of rotatable bonds is 7. The maximum Gasteiger partial charge on any atom is 0.341 e. The number of hydrogen-bond donors (Lipinski definition) is 2. The maximum atomic E-state index is 13.0. The van der Waals surface area contributed by atoms with E-state index in [2.05, 4.69) is 20.3 Å². The Hall–Kier alpha value is -3.68. The second-order valence-electron chi connectivity index (χ2n) is 8.38. The first-order valence-corrected chi connectivity index (χ1v) is 11.7. The SMILES string of the molecule is CCOC(=O)[C@@H]1CCCC[C@H]1NC(=O)/N=C(\Cc1ccc(OC)cc1)c1nc2ccccc2[nH]1. The lowest BCUT2D eigenvalue weighted by atomic mass is 9.84. The van der Waals surface area contributed by atoms with Gasteiger partial charge < -0.3 is 19.8 Å². The molecular weight excluding hydrogens is 432 g/mol. The van der Waals surface area contributed by atoms with E-state index < -0.39 is 6.03 Å². The third-order valence-corrected chi connectivity index (χ3v) is 6.09. The Labute approximate surface area is 198 Å². The van der Waals surface area contributed by atoms with E-state index in [0.717, 1.165) is 41.6 Å². The van der Waals surface area contributed by atoms with Crippen LogP contribution in [-0.4, -0.2) is 47.4 Å². The number of para-hydroxylation sites is 2. The highest BCUT2D eigenvalue weighted by Crippen LogP contribution is 2.26.